The van der Waals surface area contributed by atoms with Crippen LogP contribution in [0.5, 0.6) is 5.75 Å². The molecule has 4 nitrogen and oxygen atoms in total. The molecule has 0 bridgehead atoms. The van der Waals surface area contributed by atoms with Gasteiger partial charge >= 0.3 is 11.9 Å². The Hall–Kier alpha value is -2.10. The maximum absolute atomic E-state index is 11.9. The Balaban J connectivity index is 2.50. The van der Waals surface area contributed by atoms with Crippen LogP contribution < -0.4 is 4.74 Å². The van der Waals surface area contributed by atoms with Crippen LogP contribution in [0.25, 0.3) is 0 Å². The lowest BCUT2D eigenvalue weighted by atomic mass is 9.86. The first-order valence-electron chi connectivity index (χ1n) is 8.50. The van der Waals surface area contributed by atoms with E-state index < -0.39 is 11.9 Å². The molecule has 0 spiro atoms. The number of ether oxygens (including phenoxy) is 2. The fourth-order valence-corrected chi connectivity index (χ4v) is 2.20. The Kier molecular flexibility index (Phi) is 8.24. The van der Waals surface area contributed by atoms with Crippen molar-refractivity contribution in [2.45, 2.75) is 58.8 Å². The first kappa shape index (κ1) is 19.9. The van der Waals surface area contributed by atoms with Crippen molar-refractivity contribution >= 4 is 11.9 Å². The Morgan fingerprint density at radius 3 is 2.33 bits per heavy atom. The van der Waals surface area contributed by atoms with Gasteiger partial charge in [-0.1, -0.05) is 65.2 Å². The highest BCUT2D eigenvalue weighted by atomic mass is 16.5. The van der Waals surface area contributed by atoms with E-state index >= 15 is 0 Å². The van der Waals surface area contributed by atoms with Crippen LogP contribution in [0.15, 0.2) is 36.4 Å². The number of carbonyl (C=O) groups is 2. The molecule has 4 heteroatoms. The number of para-hydroxylation sites is 1. The second-order valence-electron chi connectivity index (χ2n) is 6.73. The fourth-order valence-electron chi connectivity index (χ4n) is 2.20. The van der Waals surface area contributed by atoms with Crippen molar-refractivity contribution in [1.29, 1.82) is 0 Å². The van der Waals surface area contributed by atoms with Crippen molar-refractivity contribution in [2.24, 2.45) is 0 Å². The Morgan fingerprint density at radius 1 is 1.00 bits per heavy atom. The van der Waals surface area contributed by atoms with E-state index in [9.17, 15) is 9.59 Å². The molecule has 0 aliphatic carbocycles. The largest absolute Gasteiger partial charge is 0.463 e. The van der Waals surface area contributed by atoms with Gasteiger partial charge in [-0.05, 0) is 17.9 Å². The number of unbranched alkanes of at least 4 members (excludes halogenated alkanes) is 3. The van der Waals surface area contributed by atoms with Gasteiger partial charge in [-0.25, -0.2) is 9.59 Å². The minimum absolute atomic E-state index is 0.141. The summed E-state index contributed by atoms with van der Waals surface area (Å²) in [5, 5.41) is 0. The zero-order chi connectivity index (χ0) is 18.0. The molecule has 0 N–H and O–H groups in total. The molecular formula is C20H28O4. The molecule has 0 aromatic heterocycles. The van der Waals surface area contributed by atoms with Crippen molar-refractivity contribution in [1.82, 2.24) is 0 Å². The van der Waals surface area contributed by atoms with Crippen molar-refractivity contribution < 1.29 is 19.1 Å². The van der Waals surface area contributed by atoms with Crippen LogP contribution >= 0.6 is 0 Å². The lowest BCUT2D eigenvalue weighted by Crippen LogP contribution is -2.15. The molecule has 0 aliphatic rings. The molecule has 0 atom stereocenters. The standard InChI is InChI=1S/C20H28O4/c1-5-6-7-10-15-23-18(21)13-14-19(22)24-17-12-9-8-11-16(17)20(2,3)4/h8-9,11-14H,5-7,10,15H2,1-4H3/b14-13+. The van der Waals surface area contributed by atoms with Crippen LogP contribution in [-0.4, -0.2) is 18.5 Å². The Bertz CT molecular complexity index is 567. The molecule has 0 aliphatic heterocycles. The first-order chi connectivity index (χ1) is 11.3. The number of hydrogen-bond donors (Lipinski definition) is 0. The molecule has 0 radical (unpaired) electrons. The fraction of sp³-hybridized carbons (Fsp3) is 0.500. The highest BCUT2D eigenvalue weighted by Gasteiger charge is 2.19. The van der Waals surface area contributed by atoms with Gasteiger partial charge in [0.05, 0.1) is 6.61 Å². The summed E-state index contributed by atoms with van der Waals surface area (Å²) < 4.78 is 10.4. The number of esters is 2. The molecule has 0 saturated carbocycles. The zero-order valence-electron chi connectivity index (χ0n) is 15.1. The molecule has 0 saturated heterocycles. The number of benzene rings is 1. The van der Waals surface area contributed by atoms with Gasteiger partial charge in [0.2, 0.25) is 0 Å². The molecule has 132 valence electrons. The van der Waals surface area contributed by atoms with E-state index in [-0.39, 0.29) is 5.41 Å². The van der Waals surface area contributed by atoms with Gasteiger partial charge in [0, 0.05) is 17.7 Å². The van der Waals surface area contributed by atoms with Crippen LogP contribution in [0.4, 0.5) is 0 Å². The lowest BCUT2D eigenvalue weighted by molar-refractivity contribution is -0.138. The first-order valence-corrected chi connectivity index (χ1v) is 8.50. The molecule has 0 heterocycles. The van der Waals surface area contributed by atoms with Gasteiger partial charge in [-0.15, -0.1) is 0 Å². The van der Waals surface area contributed by atoms with E-state index in [4.69, 9.17) is 9.47 Å². The van der Waals surface area contributed by atoms with E-state index in [2.05, 4.69) is 6.92 Å². The molecule has 1 aromatic rings. The van der Waals surface area contributed by atoms with E-state index in [0.29, 0.717) is 12.4 Å². The Morgan fingerprint density at radius 2 is 1.67 bits per heavy atom. The van der Waals surface area contributed by atoms with Gasteiger partial charge in [0.15, 0.2) is 0 Å². The smallest absolute Gasteiger partial charge is 0.336 e. The summed E-state index contributed by atoms with van der Waals surface area (Å²) >= 11 is 0. The lowest BCUT2D eigenvalue weighted by Gasteiger charge is -2.21. The van der Waals surface area contributed by atoms with E-state index in [1.807, 2.05) is 39.0 Å². The van der Waals surface area contributed by atoms with Crippen LogP contribution in [0.3, 0.4) is 0 Å². The third kappa shape index (κ3) is 7.44. The van der Waals surface area contributed by atoms with E-state index in [1.54, 1.807) is 6.07 Å². The summed E-state index contributed by atoms with van der Waals surface area (Å²) in [5.41, 5.74) is 0.795. The minimum atomic E-state index is -0.588. The van der Waals surface area contributed by atoms with Crippen molar-refractivity contribution in [3.63, 3.8) is 0 Å². The van der Waals surface area contributed by atoms with Crippen LogP contribution in [0.1, 0.15) is 58.9 Å². The average molecular weight is 332 g/mol. The number of rotatable bonds is 8. The molecule has 24 heavy (non-hydrogen) atoms. The SMILES string of the molecule is CCCCCCOC(=O)/C=C/C(=O)Oc1ccccc1C(C)(C)C. The summed E-state index contributed by atoms with van der Waals surface area (Å²) in [6, 6.07) is 7.39. The van der Waals surface area contributed by atoms with Crippen LogP contribution in [-0.2, 0) is 19.7 Å². The zero-order valence-corrected chi connectivity index (χ0v) is 15.1. The topological polar surface area (TPSA) is 52.6 Å². The van der Waals surface area contributed by atoms with Gasteiger partial charge in [0.25, 0.3) is 0 Å². The summed E-state index contributed by atoms with van der Waals surface area (Å²) in [4.78, 5) is 23.4. The van der Waals surface area contributed by atoms with E-state index in [1.165, 1.54) is 0 Å². The predicted octanol–water partition coefficient (Wildman–Crippen LogP) is 4.57. The molecule has 0 fully saturated rings. The number of hydrogen-bond acceptors (Lipinski definition) is 4. The molecule has 0 amide bonds. The predicted molar refractivity (Wildman–Crippen MR) is 95.0 cm³/mol. The van der Waals surface area contributed by atoms with Gasteiger partial charge in [0.1, 0.15) is 5.75 Å². The molecular weight excluding hydrogens is 304 g/mol. The second kappa shape index (κ2) is 9.91. The van der Waals surface area contributed by atoms with Crippen molar-refractivity contribution in [2.75, 3.05) is 6.61 Å². The monoisotopic (exact) mass is 332 g/mol. The summed E-state index contributed by atoms with van der Waals surface area (Å²) in [5.74, 6) is -0.602. The average Bonchev–Trinajstić information content (AvgIpc) is 2.52. The quantitative estimate of drug-likeness (QED) is 0.303. The van der Waals surface area contributed by atoms with Crippen LogP contribution in [0.2, 0.25) is 0 Å². The molecule has 1 aromatic carbocycles. The molecule has 1 rings (SSSR count). The normalized spacial score (nSPS) is 11.5. The van der Waals surface area contributed by atoms with Gasteiger partial charge in [-0.3, -0.25) is 0 Å². The highest BCUT2D eigenvalue weighted by molar-refractivity contribution is 5.92. The maximum atomic E-state index is 11.9. The summed E-state index contributed by atoms with van der Waals surface area (Å²) in [6.45, 7) is 8.64. The van der Waals surface area contributed by atoms with Crippen LogP contribution in [0, 0.1) is 0 Å². The van der Waals surface area contributed by atoms with Gasteiger partial charge < -0.3 is 9.47 Å². The maximum Gasteiger partial charge on any atom is 0.336 e. The molecule has 0 unspecified atom stereocenters. The third-order valence-electron chi connectivity index (χ3n) is 3.50. The van der Waals surface area contributed by atoms with Crippen molar-refractivity contribution in [3.05, 3.63) is 42.0 Å². The number of carbonyl (C=O) groups excluding carboxylic acids is 2. The van der Waals surface area contributed by atoms with Crippen molar-refractivity contribution in [3.8, 4) is 5.75 Å². The van der Waals surface area contributed by atoms with E-state index in [0.717, 1.165) is 43.4 Å². The van der Waals surface area contributed by atoms with Gasteiger partial charge in [-0.2, -0.15) is 0 Å². The minimum Gasteiger partial charge on any atom is -0.463 e. The summed E-state index contributed by atoms with van der Waals surface area (Å²) in [6.07, 6.45) is 6.37. The second-order valence-corrected chi connectivity index (χ2v) is 6.73. The Labute approximate surface area is 144 Å². The summed E-state index contributed by atoms with van der Waals surface area (Å²) in [7, 11) is 0. The highest BCUT2D eigenvalue weighted by Crippen LogP contribution is 2.30. The third-order valence-corrected chi connectivity index (χ3v) is 3.50.